The van der Waals surface area contributed by atoms with Crippen LogP contribution in [0.25, 0.3) is 5.78 Å². The molecule has 3 heterocycles. The van der Waals surface area contributed by atoms with E-state index in [1.54, 1.807) is 15.5 Å². The molecule has 3 aromatic rings. The lowest BCUT2D eigenvalue weighted by atomic mass is 9.97. The fourth-order valence-corrected chi connectivity index (χ4v) is 3.77. The Bertz CT molecular complexity index is 1070. The highest BCUT2D eigenvalue weighted by Crippen LogP contribution is 2.22. The quantitative estimate of drug-likeness (QED) is 0.741. The Morgan fingerprint density at radius 1 is 1.21 bits per heavy atom. The molecule has 0 radical (unpaired) electrons. The summed E-state index contributed by atoms with van der Waals surface area (Å²) in [6.07, 6.45) is 1.69. The molecule has 2 amide bonds. The lowest BCUT2D eigenvalue weighted by Crippen LogP contribution is -2.30. The first-order valence-corrected chi connectivity index (χ1v) is 9.30. The van der Waals surface area contributed by atoms with E-state index in [1.807, 2.05) is 38.1 Å². The van der Waals surface area contributed by atoms with Crippen molar-refractivity contribution in [2.45, 2.75) is 26.7 Å². The highest BCUT2D eigenvalue weighted by Gasteiger charge is 2.29. The van der Waals surface area contributed by atoms with Crippen LogP contribution < -0.4 is 5.73 Å². The van der Waals surface area contributed by atoms with Crippen molar-refractivity contribution in [1.82, 2.24) is 24.5 Å². The normalized spacial score (nSPS) is 16.6. The van der Waals surface area contributed by atoms with Crippen LogP contribution in [0.1, 0.15) is 44.3 Å². The maximum atomic E-state index is 12.9. The Hall–Kier alpha value is -3.29. The number of hydrogen-bond acceptors (Lipinski definition) is 5. The van der Waals surface area contributed by atoms with Crippen molar-refractivity contribution in [3.63, 3.8) is 0 Å². The standard InChI is InChI=1S/C20H22N6O2/c1-12-8-13(2)26-20(22-12)23-18(24-26)19(28)25-7-6-15(11-25)9-14-4-3-5-16(10-14)17(21)27/h3-5,8,10,15H,6-7,9,11H2,1-2H3,(H2,21,27)/t15-/m1/s1. The van der Waals surface area contributed by atoms with Crippen LogP contribution in [0.5, 0.6) is 0 Å². The Kier molecular flexibility index (Phi) is 4.54. The maximum Gasteiger partial charge on any atom is 0.293 e. The lowest BCUT2D eigenvalue weighted by molar-refractivity contribution is 0.0775. The molecule has 0 aliphatic carbocycles. The highest BCUT2D eigenvalue weighted by atomic mass is 16.2. The summed E-state index contributed by atoms with van der Waals surface area (Å²) >= 11 is 0. The predicted molar refractivity (Wildman–Crippen MR) is 103 cm³/mol. The molecule has 144 valence electrons. The van der Waals surface area contributed by atoms with E-state index in [4.69, 9.17) is 5.73 Å². The van der Waals surface area contributed by atoms with Gasteiger partial charge in [0, 0.05) is 30.0 Å². The number of aromatic nitrogens is 4. The van der Waals surface area contributed by atoms with Gasteiger partial charge in [-0.3, -0.25) is 9.59 Å². The Balaban J connectivity index is 1.47. The van der Waals surface area contributed by atoms with Gasteiger partial charge in [0.05, 0.1) is 0 Å². The summed E-state index contributed by atoms with van der Waals surface area (Å²) in [5.41, 5.74) is 8.65. The molecule has 2 aromatic heterocycles. The van der Waals surface area contributed by atoms with Gasteiger partial charge in [-0.15, -0.1) is 5.10 Å². The number of hydrogen-bond donors (Lipinski definition) is 1. The highest BCUT2D eigenvalue weighted by molar-refractivity contribution is 5.93. The summed E-state index contributed by atoms with van der Waals surface area (Å²) in [5, 5.41) is 4.34. The van der Waals surface area contributed by atoms with E-state index in [-0.39, 0.29) is 11.7 Å². The first-order chi connectivity index (χ1) is 13.4. The summed E-state index contributed by atoms with van der Waals surface area (Å²) in [6, 6.07) is 9.26. The number of primary amides is 1. The van der Waals surface area contributed by atoms with E-state index in [2.05, 4.69) is 15.1 Å². The van der Waals surface area contributed by atoms with E-state index < -0.39 is 5.91 Å². The van der Waals surface area contributed by atoms with Gasteiger partial charge in [-0.25, -0.2) is 9.50 Å². The Morgan fingerprint density at radius 2 is 2.04 bits per heavy atom. The first kappa shape index (κ1) is 18.1. The molecule has 8 heteroatoms. The van der Waals surface area contributed by atoms with Crippen LogP contribution in [0.3, 0.4) is 0 Å². The summed E-state index contributed by atoms with van der Waals surface area (Å²) in [6.45, 7) is 5.11. The first-order valence-electron chi connectivity index (χ1n) is 9.30. The topological polar surface area (TPSA) is 106 Å². The predicted octanol–water partition coefficient (Wildman–Crippen LogP) is 1.54. The van der Waals surface area contributed by atoms with Crippen molar-refractivity contribution in [2.24, 2.45) is 11.7 Å². The van der Waals surface area contributed by atoms with Crippen molar-refractivity contribution >= 4 is 17.6 Å². The molecular weight excluding hydrogens is 356 g/mol. The molecule has 8 nitrogen and oxygen atoms in total. The number of rotatable bonds is 4. The van der Waals surface area contributed by atoms with Gasteiger partial charge in [0.2, 0.25) is 11.7 Å². The SMILES string of the molecule is Cc1cc(C)n2nc(C(=O)N3CC[C@H](Cc4cccc(C(N)=O)c4)C3)nc2n1. The van der Waals surface area contributed by atoms with E-state index in [1.165, 1.54) is 0 Å². The second kappa shape index (κ2) is 7.03. The van der Waals surface area contributed by atoms with Crippen LogP contribution >= 0.6 is 0 Å². The Morgan fingerprint density at radius 3 is 2.82 bits per heavy atom. The van der Waals surface area contributed by atoms with Crippen LogP contribution in [0.15, 0.2) is 30.3 Å². The largest absolute Gasteiger partial charge is 0.366 e. The summed E-state index contributed by atoms with van der Waals surface area (Å²) < 4.78 is 1.60. The van der Waals surface area contributed by atoms with E-state index in [9.17, 15) is 9.59 Å². The number of nitrogens with two attached hydrogens (primary N) is 1. The third-order valence-electron chi connectivity index (χ3n) is 5.12. The Labute approximate surface area is 162 Å². The van der Waals surface area contributed by atoms with Crippen LogP contribution in [-0.2, 0) is 6.42 Å². The zero-order valence-electron chi connectivity index (χ0n) is 15.9. The molecular formula is C20H22N6O2. The van der Waals surface area contributed by atoms with Gasteiger partial charge >= 0.3 is 0 Å². The molecule has 2 N–H and O–H groups in total. The molecule has 1 saturated heterocycles. The number of aryl methyl sites for hydroxylation is 2. The van der Waals surface area contributed by atoms with Crippen molar-refractivity contribution in [3.8, 4) is 0 Å². The van der Waals surface area contributed by atoms with Crippen molar-refractivity contribution in [3.05, 3.63) is 58.7 Å². The maximum absolute atomic E-state index is 12.9. The number of fused-ring (bicyclic) bond motifs is 1. The van der Waals surface area contributed by atoms with Gasteiger partial charge in [-0.1, -0.05) is 12.1 Å². The average molecular weight is 378 g/mol. The van der Waals surface area contributed by atoms with E-state index in [0.717, 1.165) is 29.8 Å². The monoisotopic (exact) mass is 378 g/mol. The third kappa shape index (κ3) is 3.45. The number of carbonyl (C=O) groups is 2. The molecule has 0 unspecified atom stereocenters. The molecule has 1 aromatic carbocycles. The molecule has 28 heavy (non-hydrogen) atoms. The molecule has 1 aliphatic rings. The minimum atomic E-state index is -0.429. The van der Waals surface area contributed by atoms with Crippen LogP contribution in [-0.4, -0.2) is 49.4 Å². The molecule has 1 fully saturated rings. The van der Waals surface area contributed by atoms with Gasteiger partial charge in [-0.2, -0.15) is 4.98 Å². The molecule has 0 spiro atoms. The van der Waals surface area contributed by atoms with Gasteiger partial charge in [0.15, 0.2) is 0 Å². The number of nitrogens with zero attached hydrogens (tertiary/aromatic N) is 5. The minimum Gasteiger partial charge on any atom is -0.366 e. The van der Waals surface area contributed by atoms with Gasteiger partial charge in [0.1, 0.15) is 0 Å². The zero-order valence-corrected chi connectivity index (χ0v) is 15.9. The number of amides is 2. The fraction of sp³-hybridized carbons (Fsp3) is 0.350. The molecule has 0 bridgehead atoms. The van der Waals surface area contributed by atoms with E-state index >= 15 is 0 Å². The summed E-state index contributed by atoms with van der Waals surface area (Å²) in [4.78, 5) is 34.7. The number of likely N-dealkylation sites (tertiary alicyclic amines) is 1. The summed E-state index contributed by atoms with van der Waals surface area (Å²) in [5.74, 6) is 0.349. The number of carbonyl (C=O) groups excluding carboxylic acids is 2. The smallest absolute Gasteiger partial charge is 0.293 e. The third-order valence-corrected chi connectivity index (χ3v) is 5.12. The summed E-state index contributed by atoms with van der Waals surface area (Å²) in [7, 11) is 0. The minimum absolute atomic E-state index is 0.170. The lowest BCUT2D eigenvalue weighted by Gasteiger charge is -2.14. The van der Waals surface area contributed by atoms with Gasteiger partial charge < -0.3 is 10.6 Å². The van der Waals surface area contributed by atoms with Crippen molar-refractivity contribution in [2.75, 3.05) is 13.1 Å². The molecule has 1 atom stereocenters. The number of benzene rings is 1. The van der Waals surface area contributed by atoms with E-state index in [0.29, 0.717) is 30.3 Å². The molecule has 0 saturated carbocycles. The van der Waals surface area contributed by atoms with Crippen LogP contribution in [0.2, 0.25) is 0 Å². The second-order valence-electron chi connectivity index (χ2n) is 7.36. The van der Waals surface area contributed by atoms with Gasteiger partial charge in [0.25, 0.3) is 11.7 Å². The van der Waals surface area contributed by atoms with Crippen molar-refractivity contribution < 1.29 is 9.59 Å². The molecule has 1 aliphatic heterocycles. The zero-order chi connectivity index (χ0) is 19.8. The average Bonchev–Trinajstić information content (AvgIpc) is 3.28. The van der Waals surface area contributed by atoms with Crippen LogP contribution in [0.4, 0.5) is 0 Å². The van der Waals surface area contributed by atoms with Gasteiger partial charge in [-0.05, 0) is 56.4 Å². The van der Waals surface area contributed by atoms with Crippen LogP contribution in [0, 0.1) is 19.8 Å². The second-order valence-corrected chi connectivity index (χ2v) is 7.36. The molecule has 4 rings (SSSR count). The van der Waals surface area contributed by atoms with Crippen molar-refractivity contribution in [1.29, 1.82) is 0 Å². The fourth-order valence-electron chi connectivity index (χ4n) is 3.77.